The summed E-state index contributed by atoms with van der Waals surface area (Å²) in [5.41, 5.74) is 1.11. The van der Waals surface area contributed by atoms with Gasteiger partial charge in [0.2, 0.25) is 0 Å². The molecule has 3 nitrogen and oxygen atoms in total. The molecule has 86 valence electrons. The van der Waals surface area contributed by atoms with Crippen LogP contribution < -0.4 is 5.32 Å². The lowest BCUT2D eigenvalue weighted by molar-refractivity contribution is 0.166. The van der Waals surface area contributed by atoms with Crippen LogP contribution in [0.1, 0.15) is 24.0 Å². The summed E-state index contributed by atoms with van der Waals surface area (Å²) in [7, 11) is 1.74. The Balaban J connectivity index is 2.42. The second-order valence-electron chi connectivity index (χ2n) is 3.69. The van der Waals surface area contributed by atoms with Gasteiger partial charge in [0, 0.05) is 30.6 Å². The van der Waals surface area contributed by atoms with Crippen molar-refractivity contribution in [3.05, 3.63) is 16.1 Å². The first-order valence-electron chi connectivity index (χ1n) is 5.39. The molecule has 0 bridgehead atoms. The molecule has 1 atom stereocenters. The average molecular weight is 228 g/mol. The summed E-state index contributed by atoms with van der Waals surface area (Å²) in [5, 5.41) is 6.76. The van der Waals surface area contributed by atoms with Crippen LogP contribution in [0.4, 0.5) is 0 Å². The molecule has 0 aliphatic rings. The van der Waals surface area contributed by atoms with Crippen LogP contribution in [-0.4, -0.2) is 31.3 Å². The molecule has 0 fully saturated rings. The van der Waals surface area contributed by atoms with E-state index in [9.17, 15) is 0 Å². The molecule has 0 spiro atoms. The SMILES string of the molecule is CCCNC(COC)Cc1nc(C)cs1. The Morgan fingerprint density at radius 1 is 1.60 bits per heavy atom. The minimum atomic E-state index is 0.389. The van der Waals surface area contributed by atoms with E-state index in [4.69, 9.17) is 4.74 Å². The molecule has 0 aliphatic heterocycles. The Labute approximate surface area is 95.9 Å². The van der Waals surface area contributed by atoms with Crippen molar-refractivity contribution in [3.8, 4) is 0 Å². The predicted octanol–water partition coefficient (Wildman–Crippen LogP) is 2.01. The molecule has 1 N–H and O–H groups in total. The highest BCUT2D eigenvalue weighted by atomic mass is 32.1. The van der Waals surface area contributed by atoms with E-state index < -0.39 is 0 Å². The number of nitrogens with one attached hydrogen (secondary N) is 1. The van der Waals surface area contributed by atoms with Crippen LogP contribution in [0.25, 0.3) is 0 Å². The van der Waals surface area contributed by atoms with Crippen molar-refractivity contribution in [1.29, 1.82) is 0 Å². The van der Waals surface area contributed by atoms with Gasteiger partial charge in [0.25, 0.3) is 0 Å². The monoisotopic (exact) mass is 228 g/mol. The Morgan fingerprint density at radius 2 is 2.40 bits per heavy atom. The molecule has 1 unspecified atom stereocenters. The highest BCUT2D eigenvalue weighted by Crippen LogP contribution is 2.11. The number of nitrogens with zero attached hydrogens (tertiary/aromatic N) is 1. The summed E-state index contributed by atoms with van der Waals surface area (Å²) >= 11 is 1.73. The molecule has 1 aromatic heterocycles. The lowest BCUT2D eigenvalue weighted by Crippen LogP contribution is -2.35. The summed E-state index contributed by atoms with van der Waals surface area (Å²) in [6.45, 7) is 5.99. The van der Waals surface area contributed by atoms with E-state index in [0.717, 1.165) is 31.7 Å². The fraction of sp³-hybridized carbons (Fsp3) is 0.727. The lowest BCUT2D eigenvalue weighted by atomic mass is 10.2. The van der Waals surface area contributed by atoms with Gasteiger partial charge in [0.1, 0.15) is 0 Å². The van der Waals surface area contributed by atoms with Crippen molar-refractivity contribution < 1.29 is 4.74 Å². The third-order valence-corrected chi connectivity index (χ3v) is 3.13. The normalized spacial score (nSPS) is 13.0. The van der Waals surface area contributed by atoms with Crippen molar-refractivity contribution >= 4 is 11.3 Å². The first-order valence-corrected chi connectivity index (χ1v) is 6.27. The summed E-state index contributed by atoms with van der Waals surface area (Å²) < 4.78 is 5.19. The number of ether oxygens (including phenoxy) is 1. The van der Waals surface area contributed by atoms with Gasteiger partial charge in [-0.3, -0.25) is 0 Å². The van der Waals surface area contributed by atoms with Crippen LogP contribution in [0.2, 0.25) is 0 Å². The van der Waals surface area contributed by atoms with Crippen LogP contribution >= 0.6 is 11.3 Å². The standard InChI is InChI=1S/C11H20N2OS/c1-4-5-12-10(7-14-3)6-11-13-9(2)8-15-11/h8,10,12H,4-7H2,1-3H3. The van der Waals surface area contributed by atoms with Crippen LogP contribution in [-0.2, 0) is 11.2 Å². The van der Waals surface area contributed by atoms with E-state index in [0.29, 0.717) is 6.04 Å². The maximum Gasteiger partial charge on any atom is 0.0944 e. The molecule has 1 heterocycles. The van der Waals surface area contributed by atoms with Gasteiger partial charge >= 0.3 is 0 Å². The number of hydrogen-bond donors (Lipinski definition) is 1. The third kappa shape index (κ3) is 4.73. The Morgan fingerprint density at radius 3 is 2.93 bits per heavy atom. The highest BCUT2D eigenvalue weighted by Gasteiger charge is 2.10. The quantitative estimate of drug-likeness (QED) is 0.775. The third-order valence-electron chi connectivity index (χ3n) is 2.14. The topological polar surface area (TPSA) is 34.1 Å². The zero-order valence-electron chi connectivity index (χ0n) is 9.75. The highest BCUT2D eigenvalue weighted by molar-refractivity contribution is 7.09. The number of hydrogen-bond acceptors (Lipinski definition) is 4. The van der Waals surface area contributed by atoms with Crippen LogP contribution in [0.3, 0.4) is 0 Å². The molecule has 1 aromatic rings. The molecule has 0 radical (unpaired) electrons. The molecule has 1 rings (SSSR count). The zero-order chi connectivity index (χ0) is 11.1. The smallest absolute Gasteiger partial charge is 0.0944 e. The molecule has 0 saturated carbocycles. The van der Waals surface area contributed by atoms with Gasteiger partial charge in [0.15, 0.2) is 0 Å². The van der Waals surface area contributed by atoms with E-state index in [1.54, 1.807) is 18.4 Å². The number of methoxy groups -OCH3 is 1. The summed E-state index contributed by atoms with van der Waals surface area (Å²) in [4.78, 5) is 4.46. The first-order chi connectivity index (χ1) is 7.26. The molecule has 0 aliphatic carbocycles. The van der Waals surface area contributed by atoms with Crippen molar-refractivity contribution in [2.45, 2.75) is 32.7 Å². The van der Waals surface area contributed by atoms with E-state index >= 15 is 0 Å². The Kier molecular flexibility index (Phi) is 5.83. The van der Waals surface area contributed by atoms with Gasteiger partial charge in [-0.2, -0.15) is 0 Å². The van der Waals surface area contributed by atoms with Gasteiger partial charge in [-0.1, -0.05) is 6.92 Å². The second-order valence-corrected chi connectivity index (χ2v) is 4.64. The van der Waals surface area contributed by atoms with Gasteiger partial charge in [-0.25, -0.2) is 4.98 Å². The van der Waals surface area contributed by atoms with E-state index in [1.165, 1.54) is 5.01 Å². The molecule has 0 aromatic carbocycles. The van der Waals surface area contributed by atoms with Gasteiger partial charge in [-0.15, -0.1) is 11.3 Å². The van der Waals surface area contributed by atoms with Crippen LogP contribution in [0.15, 0.2) is 5.38 Å². The van der Waals surface area contributed by atoms with Gasteiger partial charge in [-0.05, 0) is 19.9 Å². The molecule has 4 heteroatoms. The van der Waals surface area contributed by atoms with E-state index in [2.05, 4.69) is 22.6 Å². The van der Waals surface area contributed by atoms with E-state index in [1.807, 2.05) is 6.92 Å². The first kappa shape index (κ1) is 12.6. The second kappa shape index (κ2) is 6.93. The molecule has 15 heavy (non-hydrogen) atoms. The number of rotatable bonds is 7. The fourth-order valence-corrected chi connectivity index (χ4v) is 2.30. The molecular weight excluding hydrogens is 208 g/mol. The maximum atomic E-state index is 5.19. The maximum absolute atomic E-state index is 5.19. The number of thiazole rings is 1. The largest absolute Gasteiger partial charge is 0.383 e. The fourth-order valence-electron chi connectivity index (χ4n) is 1.45. The summed E-state index contributed by atoms with van der Waals surface area (Å²) in [5.74, 6) is 0. The molecule has 0 saturated heterocycles. The molecule has 0 amide bonds. The lowest BCUT2D eigenvalue weighted by Gasteiger charge is -2.15. The minimum Gasteiger partial charge on any atom is -0.383 e. The van der Waals surface area contributed by atoms with Crippen molar-refractivity contribution in [1.82, 2.24) is 10.3 Å². The van der Waals surface area contributed by atoms with E-state index in [-0.39, 0.29) is 0 Å². The summed E-state index contributed by atoms with van der Waals surface area (Å²) in [6, 6.07) is 0.389. The van der Waals surface area contributed by atoms with Crippen molar-refractivity contribution in [2.24, 2.45) is 0 Å². The Bertz CT molecular complexity index is 275. The number of aryl methyl sites for hydroxylation is 1. The van der Waals surface area contributed by atoms with Crippen LogP contribution in [0, 0.1) is 6.92 Å². The van der Waals surface area contributed by atoms with Crippen LogP contribution in [0.5, 0.6) is 0 Å². The van der Waals surface area contributed by atoms with Gasteiger partial charge < -0.3 is 10.1 Å². The molecular formula is C11H20N2OS. The zero-order valence-corrected chi connectivity index (χ0v) is 10.6. The number of aromatic nitrogens is 1. The predicted molar refractivity (Wildman–Crippen MR) is 64.5 cm³/mol. The van der Waals surface area contributed by atoms with Gasteiger partial charge in [0.05, 0.1) is 11.6 Å². The van der Waals surface area contributed by atoms with Crippen molar-refractivity contribution in [3.63, 3.8) is 0 Å². The average Bonchev–Trinajstić information content (AvgIpc) is 2.61. The minimum absolute atomic E-state index is 0.389. The Hall–Kier alpha value is -0.450. The summed E-state index contributed by atoms with van der Waals surface area (Å²) in [6.07, 6.45) is 2.11. The van der Waals surface area contributed by atoms with Crippen molar-refractivity contribution in [2.75, 3.05) is 20.3 Å².